The lowest BCUT2D eigenvalue weighted by Crippen LogP contribution is -2.30. The molecule has 0 aromatic heterocycles. The Labute approximate surface area is 158 Å². The molecule has 5 nitrogen and oxygen atoms in total. The largest absolute Gasteiger partial charge is 0.503 e. The van der Waals surface area contributed by atoms with Crippen molar-refractivity contribution in [3.63, 3.8) is 0 Å². The van der Waals surface area contributed by atoms with Crippen LogP contribution in [0, 0.1) is 0 Å². The fourth-order valence-electron chi connectivity index (χ4n) is 3.31. The van der Waals surface area contributed by atoms with Crippen LogP contribution in [-0.2, 0) is 0 Å². The molecule has 0 bridgehead atoms. The predicted molar refractivity (Wildman–Crippen MR) is 100 cm³/mol. The average Bonchev–Trinajstić information content (AvgIpc) is 3.14. The molecule has 0 saturated carbocycles. The number of hydrogen-bond donors (Lipinski definition) is 1. The molecule has 26 heavy (non-hydrogen) atoms. The van der Waals surface area contributed by atoms with Gasteiger partial charge in [-0.15, -0.1) is 0 Å². The maximum Gasteiger partial charge on any atom is 0.254 e. The number of methoxy groups -OCH3 is 1. The number of aromatic hydroxyl groups is 1. The first kappa shape index (κ1) is 18.4. The quantitative estimate of drug-likeness (QED) is 0.839. The molecule has 1 saturated heterocycles. The number of benzene rings is 2. The highest BCUT2D eigenvalue weighted by molar-refractivity contribution is 6.32. The second-order valence-electron chi connectivity index (χ2n) is 6.17. The van der Waals surface area contributed by atoms with Gasteiger partial charge in [-0.3, -0.25) is 4.79 Å². The minimum atomic E-state index is -0.141. The van der Waals surface area contributed by atoms with Crippen LogP contribution in [0.3, 0.4) is 0 Å². The molecule has 3 rings (SSSR count). The Morgan fingerprint density at radius 3 is 2.69 bits per heavy atom. The van der Waals surface area contributed by atoms with E-state index in [-0.39, 0.29) is 28.5 Å². The van der Waals surface area contributed by atoms with Gasteiger partial charge in [0, 0.05) is 12.1 Å². The molecule has 1 atom stereocenters. The van der Waals surface area contributed by atoms with Crippen molar-refractivity contribution in [2.75, 3.05) is 20.3 Å². The SMILES string of the molecule is CCOc1cc(C(=O)N2CCCC2c2ccc(OC)cc2)cc(Cl)c1O. The second kappa shape index (κ2) is 7.87. The van der Waals surface area contributed by atoms with Crippen LogP contribution in [0.5, 0.6) is 17.2 Å². The molecule has 1 fully saturated rings. The van der Waals surface area contributed by atoms with Gasteiger partial charge in [0.2, 0.25) is 0 Å². The first-order chi connectivity index (χ1) is 12.5. The fraction of sp³-hybridized carbons (Fsp3) is 0.350. The molecule has 1 heterocycles. The molecule has 1 aliphatic heterocycles. The van der Waals surface area contributed by atoms with Gasteiger partial charge in [0.25, 0.3) is 5.91 Å². The summed E-state index contributed by atoms with van der Waals surface area (Å²) in [5.74, 6) is 0.754. The van der Waals surface area contributed by atoms with Gasteiger partial charge in [-0.1, -0.05) is 23.7 Å². The zero-order valence-corrected chi connectivity index (χ0v) is 15.6. The Hall–Kier alpha value is -2.40. The van der Waals surface area contributed by atoms with E-state index in [1.54, 1.807) is 13.2 Å². The van der Waals surface area contributed by atoms with Crippen molar-refractivity contribution in [1.82, 2.24) is 4.90 Å². The summed E-state index contributed by atoms with van der Waals surface area (Å²) >= 11 is 6.08. The number of halogens is 1. The van der Waals surface area contributed by atoms with Gasteiger partial charge in [-0.05, 0) is 49.6 Å². The van der Waals surface area contributed by atoms with Crippen LogP contribution in [0.2, 0.25) is 5.02 Å². The van der Waals surface area contributed by atoms with Crippen LogP contribution in [0.25, 0.3) is 0 Å². The Morgan fingerprint density at radius 1 is 1.31 bits per heavy atom. The van der Waals surface area contributed by atoms with Crippen molar-refractivity contribution in [1.29, 1.82) is 0 Å². The van der Waals surface area contributed by atoms with Gasteiger partial charge >= 0.3 is 0 Å². The fourth-order valence-corrected chi connectivity index (χ4v) is 3.52. The van der Waals surface area contributed by atoms with Crippen molar-refractivity contribution >= 4 is 17.5 Å². The average molecular weight is 376 g/mol. The van der Waals surface area contributed by atoms with E-state index in [9.17, 15) is 9.90 Å². The zero-order valence-electron chi connectivity index (χ0n) is 14.9. The maximum atomic E-state index is 13.1. The Morgan fingerprint density at radius 2 is 2.04 bits per heavy atom. The minimum Gasteiger partial charge on any atom is -0.503 e. The van der Waals surface area contributed by atoms with Crippen molar-refractivity contribution in [3.8, 4) is 17.2 Å². The third-order valence-electron chi connectivity index (χ3n) is 4.59. The van der Waals surface area contributed by atoms with Gasteiger partial charge < -0.3 is 19.5 Å². The van der Waals surface area contributed by atoms with Crippen LogP contribution in [0.1, 0.15) is 41.7 Å². The van der Waals surface area contributed by atoms with E-state index in [0.717, 1.165) is 24.2 Å². The number of phenolic OH excluding ortho intramolecular Hbond substituents is 1. The topological polar surface area (TPSA) is 59.0 Å². The van der Waals surface area contributed by atoms with Crippen LogP contribution in [-0.4, -0.2) is 36.2 Å². The molecule has 1 aliphatic rings. The summed E-state index contributed by atoms with van der Waals surface area (Å²) in [6, 6.07) is 10.8. The molecular weight excluding hydrogens is 354 g/mol. The van der Waals surface area contributed by atoms with Crippen LogP contribution in [0.15, 0.2) is 36.4 Å². The summed E-state index contributed by atoms with van der Waals surface area (Å²) in [5.41, 5.74) is 1.49. The molecule has 2 aromatic carbocycles. The normalized spacial score (nSPS) is 16.6. The smallest absolute Gasteiger partial charge is 0.254 e. The molecule has 1 unspecified atom stereocenters. The molecule has 1 amide bonds. The number of rotatable bonds is 5. The summed E-state index contributed by atoms with van der Waals surface area (Å²) in [5, 5.41) is 10.1. The summed E-state index contributed by atoms with van der Waals surface area (Å²) in [7, 11) is 1.63. The molecule has 0 spiro atoms. The highest BCUT2D eigenvalue weighted by Gasteiger charge is 2.31. The molecule has 138 valence electrons. The highest BCUT2D eigenvalue weighted by Crippen LogP contribution is 2.38. The van der Waals surface area contributed by atoms with Gasteiger partial charge in [-0.25, -0.2) is 0 Å². The molecule has 0 radical (unpaired) electrons. The van der Waals surface area contributed by atoms with E-state index >= 15 is 0 Å². The Kier molecular flexibility index (Phi) is 5.57. The third-order valence-corrected chi connectivity index (χ3v) is 4.88. The molecule has 1 N–H and O–H groups in total. The highest BCUT2D eigenvalue weighted by atomic mass is 35.5. The van der Waals surface area contributed by atoms with Crippen molar-refractivity contribution in [2.45, 2.75) is 25.8 Å². The molecular formula is C20H22ClNO4. The third kappa shape index (κ3) is 3.58. The number of carbonyl (C=O) groups is 1. The van der Waals surface area contributed by atoms with Crippen LogP contribution >= 0.6 is 11.6 Å². The van der Waals surface area contributed by atoms with Gasteiger partial charge in [0.05, 0.1) is 24.8 Å². The predicted octanol–water partition coefficient (Wildman–Crippen LogP) is 4.43. The Balaban J connectivity index is 1.88. The number of hydrogen-bond acceptors (Lipinski definition) is 4. The molecule has 6 heteroatoms. The number of carbonyl (C=O) groups excluding carboxylic acids is 1. The second-order valence-corrected chi connectivity index (χ2v) is 6.57. The van der Waals surface area contributed by atoms with Crippen molar-refractivity contribution in [2.24, 2.45) is 0 Å². The summed E-state index contributed by atoms with van der Waals surface area (Å²) < 4.78 is 10.6. The number of amides is 1. The van der Waals surface area contributed by atoms with E-state index in [0.29, 0.717) is 18.7 Å². The van der Waals surface area contributed by atoms with E-state index in [1.165, 1.54) is 6.07 Å². The number of ether oxygens (including phenoxy) is 2. The lowest BCUT2D eigenvalue weighted by atomic mass is 10.0. The van der Waals surface area contributed by atoms with E-state index in [4.69, 9.17) is 21.1 Å². The summed E-state index contributed by atoms with van der Waals surface area (Å²) in [6.45, 7) is 2.86. The maximum absolute atomic E-state index is 13.1. The number of phenols is 1. The Bertz CT molecular complexity index is 791. The monoisotopic (exact) mass is 375 g/mol. The van der Waals surface area contributed by atoms with Crippen molar-refractivity contribution < 1.29 is 19.4 Å². The van der Waals surface area contributed by atoms with Gasteiger partial charge in [0.15, 0.2) is 11.5 Å². The first-order valence-electron chi connectivity index (χ1n) is 8.65. The van der Waals surface area contributed by atoms with Gasteiger partial charge in [-0.2, -0.15) is 0 Å². The van der Waals surface area contributed by atoms with Gasteiger partial charge in [0.1, 0.15) is 5.75 Å². The van der Waals surface area contributed by atoms with E-state index in [2.05, 4.69) is 0 Å². The van der Waals surface area contributed by atoms with Crippen LogP contribution < -0.4 is 9.47 Å². The first-order valence-corrected chi connectivity index (χ1v) is 9.03. The summed E-state index contributed by atoms with van der Waals surface area (Å²) in [6.07, 6.45) is 1.84. The molecule has 2 aromatic rings. The van der Waals surface area contributed by atoms with E-state index < -0.39 is 0 Å². The zero-order chi connectivity index (χ0) is 18.7. The van der Waals surface area contributed by atoms with Crippen LogP contribution in [0.4, 0.5) is 0 Å². The minimum absolute atomic E-state index is 0.0107. The summed E-state index contributed by atoms with van der Waals surface area (Å²) in [4.78, 5) is 14.9. The lowest BCUT2D eigenvalue weighted by Gasteiger charge is -2.25. The number of nitrogens with zero attached hydrogens (tertiary/aromatic N) is 1. The van der Waals surface area contributed by atoms with E-state index in [1.807, 2.05) is 36.1 Å². The number of likely N-dealkylation sites (tertiary alicyclic amines) is 1. The van der Waals surface area contributed by atoms with Crippen molar-refractivity contribution in [3.05, 3.63) is 52.5 Å². The lowest BCUT2D eigenvalue weighted by molar-refractivity contribution is 0.0735. The molecule has 0 aliphatic carbocycles. The standard InChI is InChI=1S/C20H22ClNO4/c1-3-26-18-12-14(11-16(21)19(18)23)20(24)22-10-4-5-17(22)13-6-8-15(25-2)9-7-13/h6-9,11-12,17,23H,3-5,10H2,1-2H3.